The SMILES string of the molecule is COC(=O)CN1CCC[C@H]1c1ccc(F)cc1. The van der Waals surface area contributed by atoms with Crippen molar-refractivity contribution >= 4 is 5.97 Å². The highest BCUT2D eigenvalue weighted by molar-refractivity contribution is 5.71. The van der Waals surface area contributed by atoms with E-state index in [-0.39, 0.29) is 17.8 Å². The molecule has 3 nitrogen and oxygen atoms in total. The fraction of sp³-hybridized carbons (Fsp3) is 0.462. The number of hydrogen-bond acceptors (Lipinski definition) is 3. The first kappa shape index (κ1) is 12.0. The highest BCUT2D eigenvalue weighted by atomic mass is 19.1. The van der Waals surface area contributed by atoms with Gasteiger partial charge in [-0.05, 0) is 37.1 Å². The van der Waals surface area contributed by atoms with E-state index in [0.29, 0.717) is 6.54 Å². The number of esters is 1. The van der Waals surface area contributed by atoms with Crippen molar-refractivity contribution in [2.75, 3.05) is 20.2 Å². The van der Waals surface area contributed by atoms with Gasteiger partial charge in [0.15, 0.2) is 0 Å². The first-order valence-corrected chi connectivity index (χ1v) is 5.77. The standard InChI is InChI=1S/C13H16FNO2/c1-17-13(16)9-15-8-2-3-12(15)10-4-6-11(14)7-5-10/h4-7,12H,2-3,8-9H2,1H3/t12-/m0/s1. The molecular weight excluding hydrogens is 221 g/mol. The number of halogens is 1. The zero-order valence-electron chi connectivity index (χ0n) is 9.86. The molecule has 4 heteroatoms. The Kier molecular flexibility index (Phi) is 3.74. The van der Waals surface area contributed by atoms with Crippen molar-refractivity contribution in [1.82, 2.24) is 4.90 Å². The van der Waals surface area contributed by atoms with Crippen molar-refractivity contribution in [1.29, 1.82) is 0 Å². The van der Waals surface area contributed by atoms with Crippen molar-refractivity contribution in [3.05, 3.63) is 35.6 Å². The Balaban J connectivity index is 2.08. The molecule has 1 aliphatic rings. The van der Waals surface area contributed by atoms with Gasteiger partial charge < -0.3 is 4.74 Å². The minimum atomic E-state index is -0.230. The van der Waals surface area contributed by atoms with E-state index in [1.54, 1.807) is 12.1 Å². The van der Waals surface area contributed by atoms with Crippen LogP contribution in [0.25, 0.3) is 0 Å². The molecule has 1 heterocycles. The van der Waals surface area contributed by atoms with Crippen molar-refractivity contribution in [2.45, 2.75) is 18.9 Å². The molecule has 0 saturated carbocycles. The van der Waals surface area contributed by atoms with Crippen molar-refractivity contribution < 1.29 is 13.9 Å². The van der Waals surface area contributed by atoms with Crippen LogP contribution in [0.15, 0.2) is 24.3 Å². The first-order chi connectivity index (χ1) is 8.20. The molecule has 1 aromatic carbocycles. The second-order valence-corrected chi connectivity index (χ2v) is 4.26. The third-order valence-corrected chi connectivity index (χ3v) is 3.18. The largest absolute Gasteiger partial charge is 0.468 e. The Morgan fingerprint density at radius 2 is 2.18 bits per heavy atom. The van der Waals surface area contributed by atoms with E-state index in [1.165, 1.54) is 19.2 Å². The summed E-state index contributed by atoms with van der Waals surface area (Å²) in [5.41, 5.74) is 1.06. The van der Waals surface area contributed by atoms with Gasteiger partial charge in [0, 0.05) is 6.04 Å². The molecule has 0 spiro atoms. The Labute approximate surface area is 100 Å². The molecule has 1 atom stereocenters. The summed E-state index contributed by atoms with van der Waals surface area (Å²) >= 11 is 0. The second-order valence-electron chi connectivity index (χ2n) is 4.26. The van der Waals surface area contributed by atoms with E-state index in [9.17, 15) is 9.18 Å². The predicted molar refractivity (Wildman–Crippen MR) is 62.0 cm³/mol. The minimum Gasteiger partial charge on any atom is -0.468 e. The molecule has 0 radical (unpaired) electrons. The highest BCUT2D eigenvalue weighted by Gasteiger charge is 2.27. The lowest BCUT2D eigenvalue weighted by Crippen LogP contribution is -2.30. The Hall–Kier alpha value is -1.42. The van der Waals surface area contributed by atoms with E-state index < -0.39 is 0 Å². The smallest absolute Gasteiger partial charge is 0.319 e. The number of hydrogen-bond donors (Lipinski definition) is 0. The summed E-state index contributed by atoms with van der Waals surface area (Å²) in [4.78, 5) is 13.4. The van der Waals surface area contributed by atoms with E-state index in [4.69, 9.17) is 0 Å². The van der Waals surface area contributed by atoms with Gasteiger partial charge in [0.2, 0.25) is 0 Å². The van der Waals surface area contributed by atoms with Gasteiger partial charge in [0.05, 0.1) is 13.7 Å². The molecule has 1 saturated heterocycles. The number of methoxy groups -OCH3 is 1. The van der Waals surface area contributed by atoms with Gasteiger partial charge >= 0.3 is 5.97 Å². The summed E-state index contributed by atoms with van der Waals surface area (Å²) < 4.78 is 17.5. The maximum atomic E-state index is 12.8. The molecule has 2 rings (SSSR count). The summed E-state index contributed by atoms with van der Waals surface area (Å²) in [6.45, 7) is 1.19. The molecule has 0 bridgehead atoms. The lowest BCUT2D eigenvalue weighted by molar-refractivity contribution is -0.142. The number of carbonyl (C=O) groups excluding carboxylic acids is 1. The zero-order valence-corrected chi connectivity index (χ0v) is 9.86. The van der Waals surface area contributed by atoms with E-state index in [2.05, 4.69) is 9.64 Å². The summed E-state index contributed by atoms with van der Waals surface area (Å²) in [5, 5.41) is 0. The van der Waals surface area contributed by atoms with Gasteiger partial charge in [0.25, 0.3) is 0 Å². The van der Waals surface area contributed by atoms with Crippen LogP contribution in [-0.2, 0) is 9.53 Å². The van der Waals surface area contributed by atoms with Gasteiger partial charge in [0.1, 0.15) is 5.82 Å². The lowest BCUT2D eigenvalue weighted by Gasteiger charge is -2.23. The van der Waals surface area contributed by atoms with E-state index >= 15 is 0 Å². The van der Waals surface area contributed by atoms with E-state index in [1.807, 2.05) is 0 Å². The second kappa shape index (κ2) is 5.27. The van der Waals surface area contributed by atoms with Crippen molar-refractivity contribution in [3.63, 3.8) is 0 Å². The summed E-state index contributed by atoms with van der Waals surface area (Å²) in [5.74, 6) is -0.453. The normalized spacial score (nSPS) is 20.5. The summed E-state index contributed by atoms with van der Waals surface area (Å²) in [6, 6.07) is 6.70. The quantitative estimate of drug-likeness (QED) is 0.754. The van der Waals surface area contributed by atoms with E-state index in [0.717, 1.165) is 24.9 Å². The predicted octanol–water partition coefficient (Wildman–Crippen LogP) is 2.14. The Bertz CT molecular complexity index is 391. The average molecular weight is 237 g/mol. The number of rotatable bonds is 3. The summed E-state index contributed by atoms with van der Waals surface area (Å²) in [6.07, 6.45) is 2.06. The maximum Gasteiger partial charge on any atom is 0.319 e. The van der Waals surface area contributed by atoms with Gasteiger partial charge in [-0.1, -0.05) is 12.1 Å². The number of carbonyl (C=O) groups is 1. The van der Waals surface area contributed by atoms with Crippen LogP contribution in [-0.4, -0.2) is 31.1 Å². The Morgan fingerprint density at radius 3 is 2.82 bits per heavy atom. The van der Waals surface area contributed by atoms with Gasteiger partial charge in [-0.25, -0.2) is 4.39 Å². The van der Waals surface area contributed by atoms with Crippen LogP contribution in [0, 0.1) is 5.82 Å². The first-order valence-electron chi connectivity index (χ1n) is 5.77. The molecular formula is C13H16FNO2. The fourth-order valence-corrected chi connectivity index (χ4v) is 2.31. The number of likely N-dealkylation sites (tertiary alicyclic amines) is 1. The van der Waals surface area contributed by atoms with Crippen LogP contribution in [0.1, 0.15) is 24.4 Å². The third-order valence-electron chi connectivity index (χ3n) is 3.18. The molecule has 17 heavy (non-hydrogen) atoms. The van der Waals surface area contributed by atoms with Crippen LogP contribution < -0.4 is 0 Å². The molecule has 1 aromatic rings. The maximum absolute atomic E-state index is 12.8. The molecule has 92 valence electrons. The third kappa shape index (κ3) is 2.82. The average Bonchev–Trinajstić information content (AvgIpc) is 2.78. The highest BCUT2D eigenvalue weighted by Crippen LogP contribution is 2.31. The molecule has 0 aromatic heterocycles. The molecule has 1 fully saturated rings. The number of ether oxygens (including phenoxy) is 1. The van der Waals surface area contributed by atoms with Crippen LogP contribution in [0.2, 0.25) is 0 Å². The molecule has 0 unspecified atom stereocenters. The molecule has 0 amide bonds. The molecule has 0 aliphatic carbocycles. The van der Waals surface area contributed by atoms with Gasteiger partial charge in [-0.15, -0.1) is 0 Å². The van der Waals surface area contributed by atoms with Crippen LogP contribution >= 0.6 is 0 Å². The van der Waals surface area contributed by atoms with Crippen LogP contribution in [0.3, 0.4) is 0 Å². The number of benzene rings is 1. The minimum absolute atomic E-state index is 0.203. The van der Waals surface area contributed by atoms with Crippen molar-refractivity contribution in [3.8, 4) is 0 Å². The number of nitrogens with zero attached hydrogens (tertiary/aromatic N) is 1. The molecule has 0 N–H and O–H groups in total. The van der Waals surface area contributed by atoms with Crippen LogP contribution in [0.5, 0.6) is 0 Å². The summed E-state index contributed by atoms with van der Waals surface area (Å²) in [7, 11) is 1.39. The monoisotopic (exact) mass is 237 g/mol. The Morgan fingerprint density at radius 1 is 1.47 bits per heavy atom. The van der Waals surface area contributed by atoms with Gasteiger partial charge in [-0.3, -0.25) is 9.69 Å². The van der Waals surface area contributed by atoms with Gasteiger partial charge in [-0.2, -0.15) is 0 Å². The molecule has 1 aliphatic heterocycles. The lowest BCUT2D eigenvalue weighted by atomic mass is 10.0. The van der Waals surface area contributed by atoms with Crippen molar-refractivity contribution in [2.24, 2.45) is 0 Å². The topological polar surface area (TPSA) is 29.5 Å². The zero-order chi connectivity index (χ0) is 12.3. The fourth-order valence-electron chi connectivity index (χ4n) is 2.31. The van der Waals surface area contributed by atoms with Crippen LogP contribution in [0.4, 0.5) is 4.39 Å².